The standard InChI is InChI=1S/C33H30F2N2O2/c34-32(35)24-37(31(38)39-23-25-13-5-1-6-14-25)30-22-36(21-29(30)32)33(26-15-7-2-8-16-26,27-17-9-3-10-18-27)28-19-11-4-12-20-28/h1-20,29-30H,21-24H2/t29-,30+/m1/s1. The number of hydrogen-bond acceptors (Lipinski definition) is 3. The molecule has 2 saturated heterocycles. The van der Waals surface area contributed by atoms with E-state index in [0.717, 1.165) is 22.3 Å². The molecule has 0 spiro atoms. The molecule has 1 amide bonds. The van der Waals surface area contributed by atoms with Crippen LogP contribution in [0.25, 0.3) is 0 Å². The number of fused-ring (bicyclic) bond motifs is 1. The molecule has 2 aliphatic heterocycles. The van der Waals surface area contributed by atoms with Gasteiger partial charge in [-0.3, -0.25) is 9.80 Å². The lowest BCUT2D eigenvalue weighted by Gasteiger charge is -2.44. The molecule has 0 radical (unpaired) electrons. The molecule has 2 heterocycles. The van der Waals surface area contributed by atoms with Crippen LogP contribution in [0.4, 0.5) is 13.6 Å². The molecule has 4 nitrogen and oxygen atoms in total. The number of carbonyl (C=O) groups excluding carboxylic acids is 1. The van der Waals surface area contributed by atoms with Gasteiger partial charge in [-0.2, -0.15) is 0 Å². The fourth-order valence-corrected chi connectivity index (χ4v) is 6.34. The smallest absolute Gasteiger partial charge is 0.410 e. The molecule has 0 saturated carbocycles. The third-order valence-electron chi connectivity index (χ3n) is 8.10. The van der Waals surface area contributed by atoms with Crippen molar-refractivity contribution in [2.45, 2.75) is 24.1 Å². The van der Waals surface area contributed by atoms with Gasteiger partial charge < -0.3 is 4.74 Å². The highest BCUT2D eigenvalue weighted by Gasteiger charge is 2.62. The number of halogens is 2. The van der Waals surface area contributed by atoms with Crippen LogP contribution in [0.15, 0.2) is 121 Å². The highest BCUT2D eigenvalue weighted by Crippen LogP contribution is 2.50. The first kappa shape index (κ1) is 25.3. The Labute approximate surface area is 227 Å². The van der Waals surface area contributed by atoms with E-state index in [9.17, 15) is 4.79 Å². The second-order valence-electron chi connectivity index (χ2n) is 10.3. The summed E-state index contributed by atoms with van der Waals surface area (Å²) >= 11 is 0. The van der Waals surface area contributed by atoms with E-state index in [1.807, 2.05) is 84.9 Å². The molecule has 6 heteroatoms. The minimum atomic E-state index is -3.03. The van der Waals surface area contributed by atoms with Gasteiger partial charge in [0.2, 0.25) is 0 Å². The summed E-state index contributed by atoms with van der Waals surface area (Å²) in [7, 11) is 0. The van der Waals surface area contributed by atoms with Crippen LogP contribution in [0.1, 0.15) is 22.3 Å². The van der Waals surface area contributed by atoms with Crippen molar-refractivity contribution in [3.63, 3.8) is 0 Å². The van der Waals surface area contributed by atoms with Crippen molar-refractivity contribution in [2.75, 3.05) is 19.6 Å². The monoisotopic (exact) mass is 524 g/mol. The van der Waals surface area contributed by atoms with Crippen molar-refractivity contribution >= 4 is 6.09 Å². The molecule has 6 rings (SSSR count). The summed E-state index contributed by atoms with van der Waals surface area (Å²) in [5, 5.41) is 0. The fraction of sp³-hybridized carbons (Fsp3) is 0.242. The van der Waals surface area contributed by atoms with E-state index in [-0.39, 0.29) is 13.2 Å². The first-order valence-electron chi connectivity index (χ1n) is 13.3. The molecular weight excluding hydrogens is 494 g/mol. The molecule has 0 aromatic heterocycles. The van der Waals surface area contributed by atoms with Gasteiger partial charge >= 0.3 is 6.09 Å². The number of amides is 1. The van der Waals surface area contributed by atoms with E-state index in [0.29, 0.717) is 6.54 Å². The van der Waals surface area contributed by atoms with E-state index < -0.39 is 36.1 Å². The van der Waals surface area contributed by atoms with Gasteiger partial charge in [0, 0.05) is 13.1 Å². The molecule has 2 fully saturated rings. The zero-order chi connectivity index (χ0) is 26.9. The molecule has 4 aromatic rings. The molecule has 0 N–H and O–H groups in total. The number of rotatable bonds is 6. The van der Waals surface area contributed by atoms with Crippen LogP contribution >= 0.6 is 0 Å². The molecule has 198 valence electrons. The number of benzene rings is 4. The zero-order valence-electron chi connectivity index (χ0n) is 21.5. The topological polar surface area (TPSA) is 32.8 Å². The van der Waals surface area contributed by atoms with Gasteiger partial charge in [-0.1, -0.05) is 121 Å². The molecule has 0 bridgehead atoms. The Morgan fingerprint density at radius 1 is 0.744 bits per heavy atom. The van der Waals surface area contributed by atoms with Gasteiger partial charge in [0.25, 0.3) is 5.92 Å². The third-order valence-corrected chi connectivity index (χ3v) is 8.10. The minimum Gasteiger partial charge on any atom is -0.445 e. The zero-order valence-corrected chi connectivity index (χ0v) is 21.5. The minimum absolute atomic E-state index is 0.0465. The summed E-state index contributed by atoms with van der Waals surface area (Å²) in [5.74, 6) is -4.03. The maximum absolute atomic E-state index is 15.6. The van der Waals surface area contributed by atoms with Crippen LogP contribution in [-0.2, 0) is 16.9 Å². The third kappa shape index (κ3) is 4.49. The number of hydrogen-bond donors (Lipinski definition) is 0. The maximum atomic E-state index is 15.6. The van der Waals surface area contributed by atoms with Crippen molar-refractivity contribution in [3.8, 4) is 0 Å². The van der Waals surface area contributed by atoms with Gasteiger partial charge in [0.15, 0.2) is 0 Å². The Kier molecular flexibility index (Phi) is 6.65. The SMILES string of the molecule is O=C(OCc1ccccc1)N1CC(F)(F)[C@@H]2CN(C(c3ccccc3)(c3ccccc3)c3ccccc3)C[C@@H]21. The van der Waals surface area contributed by atoms with Gasteiger partial charge in [-0.05, 0) is 22.3 Å². The molecule has 4 aromatic carbocycles. The summed E-state index contributed by atoms with van der Waals surface area (Å²) in [4.78, 5) is 16.5. The normalized spacial score (nSPS) is 20.5. The molecule has 39 heavy (non-hydrogen) atoms. The Morgan fingerprint density at radius 3 is 1.69 bits per heavy atom. The van der Waals surface area contributed by atoms with Gasteiger partial charge in [0.05, 0.1) is 24.0 Å². The molecule has 0 unspecified atom stereocenters. The second-order valence-corrected chi connectivity index (χ2v) is 10.3. The number of likely N-dealkylation sites (tertiary alicyclic amines) is 2. The van der Waals surface area contributed by atoms with E-state index in [4.69, 9.17) is 4.74 Å². The quantitative estimate of drug-likeness (QED) is 0.268. The molecular formula is C33H30F2N2O2. The lowest BCUT2D eigenvalue weighted by Crippen LogP contribution is -2.50. The van der Waals surface area contributed by atoms with Crippen LogP contribution in [0.2, 0.25) is 0 Å². The highest BCUT2D eigenvalue weighted by molar-refractivity contribution is 5.69. The lowest BCUT2D eigenvalue weighted by molar-refractivity contribution is -0.0338. The lowest BCUT2D eigenvalue weighted by atomic mass is 9.75. The predicted octanol–water partition coefficient (Wildman–Crippen LogP) is 6.57. The van der Waals surface area contributed by atoms with Crippen molar-refractivity contribution < 1.29 is 18.3 Å². The van der Waals surface area contributed by atoms with E-state index in [1.54, 1.807) is 0 Å². The summed E-state index contributed by atoms with van der Waals surface area (Å²) in [6.07, 6.45) is -0.697. The predicted molar refractivity (Wildman–Crippen MR) is 146 cm³/mol. The van der Waals surface area contributed by atoms with Gasteiger partial charge in [-0.15, -0.1) is 0 Å². The number of ether oxygens (including phenoxy) is 1. The summed E-state index contributed by atoms with van der Waals surface area (Å²) in [6.45, 7) is -0.151. The average Bonchev–Trinajstić information content (AvgIpc) is 3.53. The fourth-order valence-electron chi connectivity index (χ4n) is 6.34. The summed E-state index contributed by atoms with van der Waals surface area (Å²) < 4.78 is 36.7. The van der Waals surface area contributed by atoms with Crippen LogP contribution in [0, 0.1) is 5.92 Å². The first-order chi connectivity index (χ1) is 19.0. The molecule has 2 atom stereocenters. The van der Waals surface area contributed by atoms with Crippen LogP contribution in [0.5, 0.6) is 0 Å². The Balaban J connectivity index is 1.39. The number of carbonyl (C=O) groups is 1. The van der Waals surface area contributed by atoms with E-state index in [2.05, 4.69) is 41.3 Å². The largest absolute Gasteiger partial charge is 0.445 e. The second kappa shape index (κ2) is 10.3. The van der Waals surface area contributed by atoms with Gasteiger partial charge in [0.1, 0.15) is 6.61 Å². The van der Waals surface area contributed by atoms with Crippen LogP contribution < -0.4 is 0 Å². The maximum Gasteiger partial charge on any atom is 0.410 e. The van der Waals surface area contributed by atoms with Crippen LogP contribution in [0.3, 0.4) is 0 Å². The molecule has 2 aliphatic rings. The molecule has 0 aliphatic carbocycles. The van der Waals surface area contributed by atoms with Crippen molar-refractivity contribution in [1.29, 1.82) is 0 Å². The summed E-state index contributed by atoms with van der Waals surface area (Å²) in [5.41, 5.74) is 2.97. The van der Waals surface area contributed by atoms with Crippen LogP contribution in [-0.4, -0.2) is 47.5 Å². The van der Waals surface area contributed by atoms with Crippen molar-refractivity contribution in [1.82, 2.24) is 9.80 Å². The van der Waals surface area contributed by atoms with E-state index in [1.165, 1.54) is 4.90 Å². The Hall–Kier alpha value is -4.03. The van der Waals surface area contributed by atoms with Gasteiger partial charge in [-0.25, -0.2) is 13.6 Å². The number of alkyl halides is 2. The average molecular weight is 525 g/mol. The summed E-state index contributed by atoms with van der Waals surface area (Å²) in [6, 6.07) is 38.7. The van der Waals surface area contributed by atoms with Crippen molar-refractivity contribution in [3.05, 3.63) is 144 Å². The first-order valence-corrected chi connectivity index (χ1v) is 13.3. The van der Waals surface area contributed by atoms with Crippen molar-refractivity contribution in [2.24, 2.45) is 5.92 Å². The van der Waals surface area contributed by atoms with E-state index >= 15 is 8.78 Å². The Morgan fingerprint density at radius 2 is 1.21 bits per heavy atom. The highest BCUT2D eigenvalue weighted by atomic mass is 19.3. The Bertz CT molecular complexity index is 1300. The number of nitrogens with zero attached hydrogens (tertiary/aromatic N) is 2.